The van der Waals surface area contributed by atoms with Crippen LogP contribution in [0.1, 0.15) is 49.3 Å². The van der Waals surface area contributed by atoms with Crippen LogP contribution in [-0.4, -0.2) is 25.7 Å². The van der Waals surface area contributed by atoms with Crippen LogP contribution in [0, 0.1) is 11.3 Å². The van der Waals surface area contributed by atoms with Crippen LogP contribution < -0.4 is 20.1 Å². The fourth-order valence-electron chi connectivity index (χ4n) is 3.60. The number of halogens is 1. The van der Waals surface area contributed by atoms with Crippen molar-refractivity contribution in [1.29, 1.82) is 5.26 Å². The molecule has 0 unspecified atom stereocenters. The van der Waals surface area contributed by atoms with E-state index in [1.165, 1.54) is 12.8 Å². The smallest absolute Gasteiger partial charge is 0.191 e. The number of hydrogen-bond acceptors (Lipinski definition) is 4. The maximum absolute atomic E-state index is 9.07. The van der Waals surface area contributed by atoms with Crippen molar-refractivity contribution < 1.29 is 9.47 Å². The predicted octanol–water partition coefficient (Wildman–Crippen LogP) is 4.76. The molecule has 1 saturated carbocycles. The van der Waals surface area contributed by atoms with Crippen molar-refractivity contribution >= 4 is 29.9 Å². The summed E-state index contributed by atoms with van der Waals surface area (Å²) in [6.45, 7) is 3.86. The Hall–Kier alpha value is -2.47. The minimum absolute atomic E-state index is 0. The predicted molar refractivity (Wildman–Crippen MR) is 134 cm³/mol. The molecule has 0 saturated heterocycles. The van der Waals surface area contributed by atoms with E-state index in [0.29, 0.717) is 18.7 Å². The number of nitriles is 1. The van der Waals surface area contributed by atoms with Gasteiger partial charge in [-0.2, -0.15) is 5.26 Å². The van der Waals surface area contributed by atoms with E-state index in [1.807, 2.05) is 37.3 Å². The Morgan fingerprint density at radius 3 is 2.65 bits per heavy atom. The van der Waals surface area contributed by atoms with E-state index in [-0.39, 0.29) is 30.1 Å². The van der Waals surface area contributed by atoms with E-state index < -0.39 is 0 Å². The van der Waals surface area contributed by atoms with Gasteiger partial charge in [-0.3, -0.25) is 0 Å². The van der Waals surface area contributed by atoms with Crippen molar-refractivity contribution in [3.63, 3.8) is 0 Å². The Bertz CT molecular complexity index is 905. The molecule has 0 spiro atoms. The lowest BCUT2D eigenvalue weighted by Gasteiger charge is -2.20. The summed E-state index contributed by atoms with van der Waals surface area (Å²) in [7, 11) is 1.68. The molecule has 1 fully saturated rings. The fraction of sp³-hybridized carbons (Fsp3) is 0.417. The van der Waals surface area contributed by atoms with Crippen LogP contribution in [0.4, 0.5) is 0 Å². The number of aliphatic imine (C=N–C) groups is 1. The van der Waals surface area contributed by atoms with Crippen LogP contribution in [0.2, 0.25) is 0 Å². The minimum Gasteiger partial charge on any atom is -0.493 e. The summed E-state index contributed by atoms with van der Waals surface area (Å²) in [5.41, 5.74) is 2.68. The molecule has 6 nitrogen and oxygen atoms in total. The number of ether oxygens (including phenoxy) is 2. The lowest BCUT2D eigenvalue weighted by molar-refractivity contribution is 0.198. The van der Waals surface area contributed by atoms with Gasteiger partial charge in [0.2, 0.25) is 0 Å². The van der Waals surface area contributed by atoms with Crippen LogP contribution in [0.25, 0.3) is 0 Å². The second-order valence-electron chi connectivity index (χ2n) is 7.33. The first kappa shape index (κ1) is 24.8. The molecule has 2 N–H and O–H groups in total. The highest BCUT2D eigenvalue weighted by molar-refractivity contribution is 14.0. The molecule has 166 valence electrons. The van der Waals surface area contributed by atoms with Crippen LogP contribution in [0.15, 0.2) is 47.5 Å². The number of para-hydroxylation sites is 1. The van der Waals surface area contributed by atoms with E-state index in [9.17, 15) is 0 Å². The number of guanidine groups is 1. The van der Waals surface area contributed by atoms with E-state index in [1.54, 1.807) is 13.2 Å². The molecule has 0 bridgehead atoms. The lowest BCUT2D eigenvalue weighted by Crippen LogP contribution is -2.37. The minimum atomic E-state index is 0. The van der Waals surface area contributed by atoms with Crippen molar-refractivity contribution in [2.75, 3.05) is 13.7 Å². The van der Waals surface area contributed by atoms with Gasteiger partial charge in [0, 0.05) is 18.7 Å². The molecule has 1 aliphatic carbocycles. The zero-order valence-electron chi connectivity index (χ0n) is 18.2. The maximum atomic E-state index is 9.07. The topological polar surface area (TPSA) is 78.7 Å². The fourth-order valence-corrected chi connectivity index (χ4v) is 3.60. The number of benzene rings is 2. The second-order valence-corrected chi connectivity index (χ2v) is 7.33. The molecule has 2 aromatic carbocycles. The van der Waals surface area contributed by atoms with Crippen LogP contribution in [-0.2, 0) is 13.1 Å². The van der Waals surface area contributed by atoms with Gasteiger partial charge in [-0.15, -0.1) is 24.0 Å². The second kappa shape index (κ2) is 13.1. The molecule has 0 heterocycles. The molecular weight excluding hydrogens is 503 g/mol. The molecular formula is C24H31IN4O2. The first-order valence-electron chi connectivity index (χ1n) is 10.6. The maximum Gasteiger partial charge on any atom is 0.191 e. The Balaban J connectivity index is 0.00000341. The van der Waals surface area contributed by atoms with Crippen molar-refractivity contribution in [3.05, 3.63) is 59.2 Å². The molecule has 0 aliphatic heterocycles. The van der Waals surface area contributed by atoms with Crippen LogP contribution in [0.5, 0.6) is 11.5 Å². The van der Waals surface area contributed by atoms with Crippen LogP contribution in [0.3, 0.4) is 0 Å². The number of nitrogens with zero attached hydrogens (tertiary/aromatic N) is 2. The zero-order valence-corrected chi connectivity index (χ0v) is 20.5. The third-order valence-corrected chi connectivity index (χ3v) is 5.13. The van der Waals surface area contributed by atoms with E-state index >= 15 is 0 Å². The van der Waals surface area contributed by atoms with Crippen LogP contribution >= 0.6 is 24.0 Å². The van der Waals surface area contributed by atoms with Gasteiger partial charge in [0.15, 0.2) is 17.5 Å². The highest BCUT2D eigenvalue weighted by Gasteiger charge is 2.20. The third kappa shape index (κ3) is 7.31. The molecule has 31 heavy (non-hydrogen) atoms. The average Bonchev–Trinajstić information content (AvgIpc) is 3.29. The van der Waals surface area contributed by atoms with E-state index in [0.717, 1.165) is 48.0 Å². The molecule has 7 heteroatoms. The molecule has 0 amide bonds. The summed E-state index contributed by atoms with van der Waals surface area (Å²) in [6.07, 6.45) is 4.89. The molecule has 0 radical (unpaired) electrons. The lowest BCUT2D eigenvalue weighted by atomic mass is 10.1. The highest BCUT2D eigenvalue weighted by atomic mass is 127. The van der Waals surface area contributed by atoms with Crippen molar-refractivity contribution in [2.24, 2.45) is 4.99 Å². The van der Waals surface area contributed by atoms with E-state index in [4.69, 9.17) is 14.7 Å². The standard InChI is InChI=1S/C24H30N4O2.HI/c1-3-26-24(27-16-19-9-6-8-18(14-19)15-25)28-17-20-10-7-13-22(29-2)23(20)30-21-11-4-5-12-21;/h6-10,13-14,21H,3-5,11-12,16-17H2,1-2H3,(H2,26,27,28);1H. The number of rotatable bonds is 8. The first-order chi connectivity index (χ1) is 14.7. The third-order valence-electron chi connectivity index (χ3n) is 5.13. The Kier molecular flexibility index (Phi) is 10.4. The number of methoxy groups -OCH3 is 1. The summed E-state index contributed by atoms with van der Waals surface area (Å²) in [5.74, 6) is 2.29. The zero-order chi connectivity index (χ0) is 21.2. The van der Waals surface area contributed by atoms with Gasteiger partial charge in [0.1, 0.15) is 0 Å². The largest absolute Gasteiger partial charge is 0.493 e. The molecule has 0 atom stereocenters. The van der Waals surface area contributed by atoms with Gasteiger partial charge in [0.25, 0.3) is 0 Å². The Morgan fingerprint density at radius 1 is 1.16 bits per heavy atom. The van der Waals surface area contributed by atoms with Gasteiger partial charge in [-0.1, -0.05) is 24.3 Å². The summed E-state index contributed by atoms with van der Waals surface area (Å²) in [4.78, 5) is 4.66. The first-order valence-corrected chi connectivity index (χ1v) is 10.6. The summed E-state index contributed by atoms with van der Waals surface area (Å²) in [5, 5.41) is 15.7. The quantitative estimate of drug-likeness (QED) is 0.290. The van der Waals surface area contributed by atoms with Gasteiger partial charge >= 0.3 is 0 Å². The van der Waals surface area contributed by atoms with Crippen molar-refractivity contribution in [3.8, 4) is 17.6 Å². The van der Waals surface area contributed by atoms with Gasteiger partial charge in [-0.25, -0.2) is 4.99 Å². The van der Waals surface area contributed by atoms with Gasteiger partial charge < -0.3 is 20.1 Å². The molecule has 1 aliphatic rings. The monoisotopic (exact) mass is 534 g/mol. The summed E-state index contributed by atoms with van der Waals surface area (Å²) >= 11 is 0. The molecule has 2 aromatic rings. The van der Waals surface area contributed by atoms with Gasteiger partial charge in [0.05, 0.1) is 31.4 Å². The molecule has 0 aromatic heterocycles. The Morgan fingerprint density at radius 2 is 1.94 bits per heavy atom. The normalized spacial score (nSPS) is 13.8. The average molecular weight is 534 g/mol. The Labute approximate surface area is 202 Å². The highest BCUT2D eigenvalue weighted by Crippen LogP contribution is 2.34. The van der Waals surface area contributed by atoms with E-state index in [2.05, 4.69) is 27.8 Å². The summed E-state index contributed by atoms with van der Waals surface area (Å²) < 4.78 is 11.9. The number of hydrogen-bond donors (Lipinski definition) is 2. The van der Waals surface area contributed by atoms with Gasteiger partial charge in [-0.05, 0) is 56.4 Å². The van der Waals surface area contributed by atoms with Crippen molar-refractivity contribution in [2.45, 2.75) is 51.8 Å². The van der Waals surface area contributed by atoms with Crippen molar-refractivity contribution in [1.82, 2.24) is 10.6 Å². The summed E-state index contributed by atoms with van der Waals surface area (Å²) in [6, 6.07) is 15.7. The molecule has 3 rings (SSSR count). The SMILES string of the molecule is CCNC(=NCc1cccc(C#N)c1)NCc1cccc(OC)c1OC1CCCC1.I. The number of nitrogens with one attached hydrogen (secondary N) is 2.